The Labute approximate surface area is 485 Å². The van der Waals surface area contributed by atoms with Gasteiger partial charge in [0.15, 0.2) is 30.7 Å². The van der Waals surface area contributed by atoms with Crippen molar-refractivity contribution in [3.8, 4) is 0 Å². The van der Waals surface area contributed by atoms with Crippen molar-refractivity contribution in [3.05, 3.63) is 245 Å². The predicted octanol–water partition coefficient (Wildman–Crippen LogP) is 10.4. The van der Waals surface area contributed by atoms with E-state index in [2.05, 4.69) is 0 Å². The van der Waals surface area contributed by atoms with Gasteiger partial charge >= 0.3 is 29.8 Å². The lowest BCUT2D eigenvalue weighted by molar-refractivity contribution is -0.342. The summed E-state index contributed by atoms with van der Waals surface area (Å²) in [5, 5.41) is 0. The number of hydrogen-bond acceptors (Lipinski definition) is 17. The Morgan fingerprint density at radius 2 is 0.916 bits per heavy atom. The molecule has 0 radical (unpaired) electrons. The smallest absolute Gasteiger partial charge is 0.338 e. The molecule has 2 saturated heterocycles. The highest BCUT2D eigenvalue weighted by Gasteiger charge is 2.58. The lowest BCUT2D eigenvalue weighted by atomic mass is 9.96. The van der Waals surface area contributed by atoms with Crippen LogP contribution in [-0.4, -0.2) is 103 Å². The molecule has 7 aromatic carbocycles. The zero-order valence-electron chi connectivity index (χ0n) is 45.6. The highest BCUT2D eigenvalue weighted by atomic mass is 32.2. The van der Waals surface area contributed by atoms with Crippen LogP contribution in [-0.2, 0) is 81.6 Å². The Morgan fingerprint density at radius 1 is 0.446 bits per heavy atom. The molecule has 7 aromatic rings. The largest absolute Gasteiger partial charge is 0.459 e. The molecule has 0 saturated carbocycles. The summed E-state index contributed by atoms with van der Waals surface area (Å²) >= 11 is 1.14. The zero-order chi connectivity index (χ0) is 57.9. The van der Waals surface area contributed by atoms with Gasteiger partial charge in [0, 0.05) is 11.3 Å². The van der Waals surface area contributed by atoms with E-state index < -0.39 is 97.0 Å². The summed E-state index contributed by atoms with van der Waals surface area (Å²) in [6, 6.07) is 59.2. The van der Waals surface area contributed by atoms with Gasteiger partial charge in [-0.25, -0.2) is 19.2 Å². The van der Waals surface area contributed by atoms with Crippen LogP contribution in [0, 0.1) is 6.92 Å². The number of carbonyl (C=O) groups excluding carboxylic acids is 6. The number of rotatable bonds is 24. The number of benzene rings is 7. The van der Waals surface area contributed by atoms with E-state index in [1.165, 1.54) is 19.1 Å². The molecule has 17 heteroatoms. The molecule has 0 spiro atoms. The summed E-state index contributed by atoms with van der Waals surface area (Å²) in [6.07, 6.45) is -14.8. The lowest BCUT2D eigenvalue weighted by Crippen LogP contribution is -2.67. The van der Waals surface area contributed by atoms with Gasteiger partial charge in [-0.15, -0.1) is 0 Å². The maximum absolute atomic E-state index is 15.0. The van der Waals surface area contributed by atoms with E-state index in [1.807, 2.05) is 85.8 Å². The SMILES string of the molecule is CC(=O)CCC(=O)O[C@H]1[C@H](OCc2ccccc2)[C@@H](OC(=O)c2ccccc2)[C@H](O[C@@H]2[C@@H](OC(=O)c3ccccc3)[C@H](Sc3ccc(C)cc3)O[C@H](C(=O)OCc3ccccc3)[C@H]2OCc2ccccc2)O[C@@H]1COC(=O)c1ccccc1. The van der Waals surface area contributed by atoms with Gasteiger partial charge in [0.2, 0.25) is 0 Å². The molecule has 83 heavy (non-hydrogen) atoms. The predicted molar refractivity (Wildman–Crippen MR) is 303 cm³/mol. The maximum Gasteiger partial charge on any atom is 0.338 e. The van der Waals surface area contributed by atoms with E-state index >= 15 is 0 Å². The number of thioether (sulfide) groups is 1. The van der Waals surface area contributed by atoms with Gasteiger partial charge in [-0.05, 0) is 79.1 Å². The minimum atomic E-state index is -1.83. The molecule has 0 aliphatic carbocycles. The van der Waals surface area contributed by atoms with Gasteiger partial charge in [0.1, 0.15) is 48.8 Å². The van der Waals surface area contributed by atoms with Crippen LogP contribution in [0.4, 0.5) is 0 Å². The summed E-state index contributed by atoms with van der Waals surface area (Å²) < 4.78 is 65.9. The standard InChI is InChI=1S/C66H62O16S/c1-43-33-36-51(37-34-43)83-66-60(80-63(71)50-31-19-8-20-32-50)57(56(74-40-46-23-11-4-12-24-46)58(82-66)64(72)75-41-47-25-13-5-14-26-47)81-65-59(79-62(70)49-29-17-7-18-30-49)55(73-39-45-21-9-3-10-22-45)54(78-53(68)38-35-44(2)67)52(77-65)42-76-61(69)48-27-15-6-16-28-48/h3-34,36-37,52,54-60,65-66H,35,38-42H2,1-2H3/t52-,54-,55+,56+,57+,58+,59-,60-,65+,66+/m1/s1. The van der Waals surface area contributed by atoms with E-state index in [-0.39, 0.29) is 55.1 Å². The van der Waals surface area contributed by atoms with Gasteiger partial charge in [-0.1, -0.05) is 175 Å². The first-order chi connectivity index (χ1) is 40.4. The number of ketones is 1. The monoisotopic (exact) mass is 1140 g/mol. The molecular formula is C66H62O16S. The number of aryl methyl sites for hydroxylation is 1. The Morgan fingerprint density at radius 3 is 1.43 bits per heavy atom. The van der Waals surface area contributed by atoms with Crippen molar-refractivity contribution in [2.45, 2.75) is 112 Å². The topological polar surface area (TPSA) is 195 Å². The summed E-state index contributed by atoms with van der Waals surface area (Å²) in [6.45, 7) is 2.23. The average Bonchev–Trinajstić information content (AvgIpc) is 3.32. The molecule has 0 unspecified atom stereocenters. The van der Waals surface area contributed by atoms with Crippen molar-refractivity contribution in [1.82, 2.24) is 0 Å². The Balaban J connectivity index is 1.20. The van der Waals surface area contributed by atoms with E-state index in [0.29, 0.717) is 21.6 Å². The highest BCUT2D eigenvalue weighted by molar-refractivity contribution is 7.99. The van der Waals surface area contributed by atoms with E-state index in [0.717, 1.165) is 17.3 Å². The Bertz CT molecular complexity index is 3210. The van der Waals surface area contributed by atoms with Gasteiger partial charge in [-0.2, -0.15) is 0 Å². The van der Waals surface area contributed by atoms with E-state index in [4.69, 9.17) is 47.4 Å². The molecule has 0 N–H and O–H groups in total. The number of carbonyl (C=O) groups is 6. The van der Waals surface area contributed by atoms with Crippen LogP contribution in [0.3, 0.4) is 0 Å². The van der Waals surface area contributed by atoms with Crippen molar-refractivity contribution in [1.29, 1.82) is 0 Å². The Kier molecular flexibility index (Phi) is 21.2. The number of ether oxygens (including phenoxy) is 10. The van der Waals surface area contributed by atoms with Crippen LogP contribution < -0.4 is 0 Å². The third kappa shape index (κ3) is 16.7. The van der Waals surface area contributed by atoms with Gasteiger partial charge in [0.05, 0.1) is 36.3 Å². The second-order valence-electron chi connectivity index (χ2n) is 19.7. The molecule has 2 heterocycles. The van der Waals surface area contributed by atoms with Crippen molar-refractivity contribution in [2.24, 2.45) is 0 Å². The molecule has 2 fully saturated rings. The summed E-state index contributed by atoms with van der Waals surface area (Å²) in [5.74, 6) is -4.40. The van der Waals surface area contributed by atoms with Crippen molar-refractivity contribution >= 4 is 47.4 Å². The molecule has 2 aliphatic rings. The van der Waals surface area contributed by atoms with Crippen LogP contribution in [0.25, 0.3) is 0 Å². The molecule has 10 atom stereocenters. The first kappa shape index (κ1) is 59.3. The minimum Gasteiger partial charge on any atom is -0.459 e. The van der Waals surface area contributed by atoms with Crippen molar-refractivity contribution in [3.63, 3.8) is 0 Å². The first-order valence-electron chi connectivity index (χ1n) is 27.1. The molecule has 0 aromatic heterocycles. The van der Waals surface area contributed by atoms with Crippen LogP contribution in [0.2, 0.25) is 0 Å². The Hall–Kier alpha value is -8.29. The molecular weight excluding hydrogens is 1080 g/mol. The van der Waals surface area contributed by atoms with E-state index in [9.17, 15) is 28.8 Å². The number of Topliss-reactive ketones (excluding diaryl/α,β-unsaturated/α-hetero) is 1. The maximum atomic E-state index is 15.0. The molecule has 0 bridgehead atoms. The third-order valence-electron chi connectivity index (χ3n) is 13.5. The van der Waals surface area contributed by atoms with Gasteiger partial charge in [0.25, 0.3) is 0 Å². The highest BCUT2D eigenvalue weighted by Crippen LogP contribution is 2.41. The second kappa shape index (κ2) is 29.6. The summed E-state index contributed by atoms with van der Waals surface area (Å²) in [5.41, 5.74) is 2.21. The second-order valence-corrected chi connectivity index (χ2v) is 20.9. The third-order valence-corrected chi connectivity index (χ3v) is 14.7. The molecule has 9 rings (SSSR count). The fourth-order valence-corrected chi connectivity index (χ4v) is 10.3. The first-order valence-corrected chi connectivity index (χ1v) is 28.0. The average molecular weight is 1140 g/mol. The molecule has 0 amide bonds. The van der Waals surface area contributed by atoms with Crippen molar-refractivity contribution < 1.29 is 76.1 Å². The van der Waals surface area contributed by atoms with Crippen LogP contribution in [0.15, 0.2) is 211 Å². The van der Waals surface area contributed by atoms with Crippen LogP contribution >= 0.6 is 11.8 Å². The number of esters is 5. The molecule has 428 valence electrons. The van der Waals surface area contributed by atoms with Gasteiger partial charge in [-0.3, -0.25) is 4.79 Å². The summed E-state index contributed by atoms with van der Waals surface area (Å²) in [4.78, 5) is 85.0. The fourth-order valence-electron chi connectivity index (χ4n) is 9.22. The molecule has 2 aliphatic heterocycles. The van der Waals surface area contributed by atoms with Crippen molar-refractivity contribution in [2.75, 3.05) is 6.61 Å². The summed E-state index contributed by atoms with van der Waals surface area (Å²) in [7, 11) is 0. The lowest BCUT2D eigenvalue weighted by Gasteiger charge is -2.49. The zero-order valence-corrected chi connectivity index (χ0v) is 46.4. The quantitative estimate of drug-likeness (QED) is 0.0409. The van der Waals surface area contributed by atoms with Crippen LogP contribution in [0.1, 0.15) is 73.1 Å². The number of hydrogen-bond donors (Lipinski definition) is 0. The fraction of sp³-hybridized carbons (Fsp3) is 0.273. The van der Waals surface area contributed by atoms with E-state index in [1.54, 1.807) is 115 Å². The minimum absolute atomic E-state index is 0.113. The van der Waals surface area contributed by atoms with Gasteiger partial charge < -0.3 is 52.2 Å². The molecule has 16 nitrogen and oxygen atoms in total. The van der Waals surface area contributed by atoms with Crippen LogP contribution in [0.5, 0.6) is 0 Å². The normalized spacial score (nSPS) is 22.0.